The fourth-order valence-electron chi connectivity index (χ4n) is 3.94. The molecule has 5 rings (SSSR count). The van der Waals surface area contributed by atoms with Crippen molar-refractivity contribution in [2.24, 2.45) is 0 Å². The average molecular weight is 387 g/mol. The molecule has 1 atom stereocenters. The second kappa shape index (κ2) is 6.19. The summed E-state index contributed by atoms with van der Waals surface area (Å²) in [6, 6.07) is 25.1. The maximum Gasteiger partial charge on any atom is 0.242 e. The van der Waals surface area contributed by atoms with Crippen molar-refractivity contribution < 1.29 is 13.5 Å². The maximum absolute atomic E-state index is 13.1. The summed E-state index contributed by atoms with van der Waals surface area (Å²) in [6.07, 6.45) is 0. The Kier molecular flexibility index (Phi) is 3.75. The Balaban J connectivity index is 1.82. The third kappa shape index (κ3) is 2.52. The molecule has 0 bridgehead atoms. The van der Waals surface area contributed by atoms with E-state index in [1.54, 1.807) is 18.2 Å². The predicted octanol–water partition coefficient (Wildman–Crippen LogP) is 4.59. The Morgan fingerprint density at radius 2 is 1.39 bits per heavy atom. The van der Waals surface area contributed by atoms with E-state index >= 15 is 0 Å². The molecule has 0 saturated carbocycles. The van der Waals surface area contributed by atoms with Gasteiger partial charge in [-0.05, 0) is 22.6 Å². The molecule has 0 spiro atoms. The highest BCUT2D eigenvalue weighted by Gasteiger charge is 2.32. The summed E-state index contributed by atoms with van der Waals surface area (Å²) in [6.45, 7) is 0. The maximum atomic E-state index is 13.1. The second-order valence-electron chi connectivity index (χ2n) is 6.86. The van der Waals surface area contributed by atoms with Gasteiger partial charge in [-0.25, -0.2) is 8.42 Å². The van der Waals surface area contributed by atoms with Crippen molar-refractivity contribution in [3.05, 3.63) is 96.1 Å². The van der Waals surface area contributed by atoms with Gasteiger partial charge in [-0.1, -0.05) is 78.9 Å². The van der Waals surface area contributed by atoms with Gasteiger partial charge >= 0.3 is 0 Å². The SMILES string of the molecule is O=S1(=O)NC(c2ccc3ccccc3c2O)c2ccccc2-c2ccccc21. The van der Waals surface area contributed by atoms with E-state index in [-0.39, 0.29) is 10.6 Å². The number of hydrogen-bond donors (Lipinski definition) is 2. The highest BCUT2D eigenvalue weighted by molar-refractivity contribution is 7.89. The van der Waals surface area contributed by atoms with E-state index in [2.05, 4.69) is 4.72 Å². The van der Waals surface area contributed by atoms with Gasteiger partial charge in [0.1, 0.15) is 5.75 Å². The molecule has 0 aliphatic carbocycles. The van der Waals surface area contributed by atoms with Gasteiger partial charge in [-0.15, -0.1) is 0 Å². The van der Waals surface area contributed by atoms with Crippen LogP contribution in [-0.2, 0) is 10.0 Å². The van der Waals surface area contributed by atoms with Crippen molar-refractivity contribution in [2.45, 2.75) is 10.9 Å². The molecule has 28 heavy (non-hydrogen) atoms. The average Bonchev–Trinajstić information content (AvgIpc) is 2.82. The lowest BCUT2D eigenvalue weighted by Crippen LogP contribution is -2.28. The lowest BCUT2D eigenvalue weighted by Gasteiger charge is -2.21. The monoisotopic (exact) mass is 387 g/mol. The highest BCUT2D eigenvalue weighted by Crippen LogP contribution is 2.42. The lowest BCUT2D eigenvalue weighted by atomic mass is 9.90. The molecule has 1 heterocycles. The number of hydrogen-bond acceptors (Lipinski definition) is 3. The molecule has 0 radical (unpaired) electrons. The van der Waals surface area contributed by atoms with Crippen molar-refractivity contribution >= 4 is 20.8 Å². The summed E-state index contributed by atoms with van der Waals surface area (Å²) in [5.74, 6) is 0.0894. The molecule has 0 fully saturated rings. The van der Waals surface area contributed by atoms with Crippen LogP contribution in [0.1, 0.15) is 17.2 Å². The number of benzene rings is 4. The first-order valence-corrected chi connectivity index (χ1v) is 10.5. The molecule has 4 nitrogen and oxygen atoms in total. The fraction of sp³-hybridized carbons (Fsp3) is 0.0435. The van der Waals surface area contributed by atoms with Gasteiger partial charge in [-0.3, -0.25) is 0 Å². The van der Waals surface area contributed by atoms with Crippen molar-refractivity contribution in [3.8, 4) is 16.9 Å². The van der Waals surface area contributed by atoms with Crippen LogP contribution in [0.15, 0.2) is 89.8 Å². The zero-order valence-corrected chi connectivity index (χ0v) is 15.6. The zero-order chi connectivity index (χ0) is 19.3. The number of phenols is 1. The standard InChI is InChI=1S/C23H17NO3S/c25-23-16-8-2-1-7-15(16)13-14-20(23)22-19-11-4-3-9-17(19)18-10-5-6-12-21(18)28(26,27)24-22/h1-14,22,24-25H. The van der Waals surface area contributed by atoms with Crippen molar-refractivity contribution in [1.29, 1.82) is 0 Å². The normalized spacial score (nSPS) is 17.5. The van der Waals surface area contributed by atoms with Gasteiger partial charge in [0.05, 0.1) is 10.9 Å². The Morgan fingerprint density at radius 3 is 2.25 bits per heavy atom. The minimum atomic E-state index is -3.77. The van der Waals surface area contributed by atoms with Gasteiger partial charge in [0.25, 0.3) is 0 Å². The molecule has 2 N–H and O–H groups in total. The number of phenolic OH excluding ortho intramolecular Hbond substituents is 1. The van der Waals surface area contributed by atoms with Crippen molar-refractivity contribution in [1.82, 2.24) is 4.72 Å². The lowest BCUT2D eigenvalue weighted by molar-refractivity contribution is 0.469. The molecule has 0 amide bonds. The third-order valence-electron chi connectivity index (χ3n) is 5.25. The largest absolute Gasteiger partial charge is 0.507 e. The minimum absolute atomic E-state index is 0.0894. The molecule has 4 aromatic carbocycles. The van der Waals surface area contributed by atoms with Crippen LogP contribution in [0.2, 0.25) is 0 Å². The van der Waals surface area contributed by atoms with E-state index in [0.29, 0.717) is 16.5 Å². The first-order valence-electron chi connectivity index (χ1n) is 8.97. The quantitative estimate of drug-likeness (QED) is 0.502. The van der Waals surface area contributed by atoms with E-state index in [9.17, 15) is 13.5 Å². The van der Waals surface area contributed by atoms with Crippen LogP contribution < -0.4 is 4.72 Å². The molecule has 138 valence electrons. The number of rotatable bonds is 1. The van der Waals surface area contributed by atoms with Crippen molar-refractivity contribution in [2.75, 3.05) is 0 Å². The first-order chi connectivity index (χ1) is 13.6. The molecular weight excluding hydrogens is 370 g/mol. The summed E-state index contributed by atoms with van der Waals surface area (Å²) in [5, 5.41) is 12.6. The Labute approximate surface area is 163 Å². The molecule has 0 aromatic heterocycles. The second-order valence-corrected chi connectivity index (χ2v) is 8.54. The Bertz CT molecular complexity index is 1330. The molecular formula is C23H17NO3S. The molecule has 1 aliphatic rings. The van der Waals surface area contributed by atoms with Gasteiger partial charge < -0.3 is 5.11 Å². The van der Waals surface area contributed by atoms with Crippen LogP contribution in [0.3, 0.4) is 0 Å². The van der Waals surface area contributed by atoms with E-state index in [4.69, 9.17) is 0 Å². The summed E-state index contributed by atoms with van der Waals surface area (Å²) >= 11 is 0. The van der Waals surface area contributed by atoms with Crippen LogP contribution in [0, 0.1) is 0 Å². The number of fused-ring (bicyclic) bond motifs is 4. The smallest absolute Gasteiger partial charge is 0.242 e. The zero-order valence-electron chi connectivity index (χ0n) is 14.8. The van der Waals surface area contributed by atoms with E-state index in [1.807, 2.05) is 66.7 Å². The van der Waals surface area contributed by atoms with Gasteiger partial charge in [0.2, 0.25) is 10.0 Å². The molecule has 1 aliphatic heterocycles. The number of nitrogens with one attached hydrogen (secondary N) is 1. The molecule has 4 aromatic rings. The van der Waals surface area contributed by atoms with Crippen LogP contribution in [0.4, 0.5) is 0 Å². The van der Waals surface area contributed by atoms with Crippen LogP contribution >= 0.6 is 0 Å². The topological polar surface area (TPSA) is 66.4 Å². The van der Waals surface area contributed by atoms with E-state index in [0.717, 1.165) is 16.5 Å². The predicted molar refractivity (Wildman–Crippen MR) is 110 cm³/mol. The Morgan fingerprint density at radius 1 is 0.714 bits per heavy atom. The molecule has 5 heteroatoms. The third-order valence-corrected chi connectivity index (χ3v) is 6.74. The van der Waals surface area contributed by atoms with E-state index in [1.165, 1.54) is 0 Å². The number of sulfonamides is 1. The highest BCUT2D eigenvalue weighted by atomic mass is 32.2. The van der Waals surface area contributed by atoms with Crippen LogP contribution in [0.25, 0.3) is 21.9 Å². The van der Waals surface area contributed by atoms with Gasteiger partial charge in [0.15, 0.2) is 0 Å². The minimum Gasteiger partial charge on any atom is -0.507 e. The van der Waals surface area contributed by atoms with Gasteiger partial charge in [0, 0.05) is 16.5 Å². The molecule has 0 saturated heterocycles. The van der Waals surface area contributed by atoms with Crippen LogP contribution in [0.5, 0.6) is 5.75 Å². The van der Waals surface area contributed by atoms with Crippen molar-refractivity contribution in [3.63, 3.8) is 0 Å². The summed E-state index contributed by atoms with van der Waals surface area (Å²) < 4.78 is 29.1. The van der Waals surface area contributed by atoms with Crippen LogP contribution in [-0.4, -0.2) is 13.5 Å². The van der Waals surface area contributed by atoms with E-state index < -0.39 is 16.1 Å². The Hall–Kier alpha value is -3.15. The van der Waals surface area contributed by atoms with Gasteiger partial charge in [-0.2, -0.15) is 4.72 Å². The summed E-state index contributed by atoms with van der Waals surface area (Å²) in [4.78, 5) is 0.241. The summed E-state index contributed by atoms with van der Waals surface area (Å²) in [7, 11) is -3.77. The molecule has 1 unspecified atom stereocenters. The summed E-state index contributed by atoms with van der Waals surface area (Å²) in [5.41, 5.74) is 2.83. The fourth-order valence-corrected chi connectivity index (χ4v) is 5.35. The number of aromatic hydroxyl groups is 1. The first kappa shape index (κ1) is 17.0.